The van der Waals surface area contributed by atoms with Crippen LogP contribution in [0.3, 0.4) is 0 Å². The molecule has 1 heterocycles. The molecular weight excluding hydrogens is 609 g/mol. The van der Waals surface area contributed by atoms with Gasteiger partial charge in [0.2, 0.25) is 0 Å². The number of carbonyl (C=O) groups excluding carboxylic acids is 1. The lowest BCUT2D eigenvalue weighted by molar-refractivity contribution is -0.161. The third-order valence-electron chi connectivity index (χ3n) is 6.51. The molecule has 0 amide bonds. The van der Waals surface area contributed by atoms with Crippen LogP contribution in [0.15, 0.2) is 29.2 Å². The highest BCUT2D eigenvalue weighted by Gasteiger charge is 2.63. The molecule has 220 valence electrons. The summed E-state index contributed by atoms with van der Waals surface area (Å²) >= 11 is 3.42. The van der Waals surface area contributed by atoms with Crippen molar-refractivity contribution in [2.45, 2.75) is 99.1 Å². The maximum absolute atomic E-state index is 14.9. The van der Waals surface area contributed by atoms with Crippen molar-refractivity contribution in [3.63, 3.8) is 0 Å². The Hall–Kier alpha value is -0.820. The lowest BCUT2D eigenvalue weighted by atomic mass is 10.1. The van der Waals surface area contributed by atoms with E-state index in [1.54, 1.807) is 0 Å². The van der Waals surface area contributed by atoms with Crippen LogP contribution in [-0.4, -0.2) is 53.5 Å². The van der Waals surface area contributed by atoms with Gasteiger partial charge in [0.1, 0.15) is 5.82 Å². The van der Waals surface area contributed by atoms with Gasteiger partial charge in [-0.3, -0.25) is 3.63 Å². The third kappa shape index (κ3) is 9.67. The molecule has 1 aliphatic rings. The Morgan fingerprint density at radius 1 is 1.03 bits per heavy atom. The SMILES string of the molecule is CS([OH+]S(=O)(=O)C(F)(F)C(=O)OCCCCCCCCCCCCBr)(c1ccccc1F)C1CCCCO1. The number of hydrogen-bond acceptors (Lipinski definition) is 5. The minimum atomic E-state index is -5.69. The summed E-state index contributed by atoms with van der Waals surface area (Å²) in [6, 6.07) is 5.33. The average Bonchev–Trinajstić information content (AvgIpc) is 2.89. The van der Waals surface area contributed by atoms with E-state index >= 15 is 0 Å². The number of hydrogen-bond donors (Lipinski definition) is 0. The summed E-state index contributed by atoms with van der Waals surface area (Å²) in [4.78, 5) is 12.0. The number of rotatable bonds is 18. The summed E-state index contributed by atoms with van der Waals surface area (Å²) in [5.74, 6) is -2.93. The molecule has 0 radical (unpaired) electrons. The van der Waals surface area contributed by atoms with E-state index in [1.165, 1.54) is 50.1 Å². The van der Waals surface area contributed by atoms with Crippen molar-refractivity contribution < 1.29 is 39.5 Å². The van der Waals surface area contributed by atoms with Crippen molar-refractivity contribution in [1.82, 2.24) is 0 Å². The third-order valence-corrected chi connectivity index (χ3v) is 12.5. The Morgan fingerprint density at radius 2 is 1.61 bits per heavy atom. The molecule has 12 heteroatoms. The van der Waals surface area contributed by atoms with Gasteiger partial charge in [0.15, 0.2) is 5.44 Å². The van der Waals surface area contributed by atoms with Gasteiger partial charge in [0, 0.05) is 28.5 Å². The van der Waals surface area contributed by atoms with Gasteiger partial charge in [-0.2, -0.15) is 8.78 Å². The summed E-state index contributed by atoms with van der Waals surface area (Å²) in [6.45, 7) is -0.0211. The lowest BCUT2D eigenvalue weighted by Gasteiger charge is -2.39. The van der Waals surface area contributed by atoms with E-state index in [9.17, 15) is 26.4 Å². The average molecular weight is 651 g/mol. The highest BCUT2D eigenvalue weighted by atomic mass is 79.9. The number of benzene rings is 1. The molecular formula is C26H41BrF3O6S2+. The zero-order valence-corrected chi connectivity index (χ0v) is 25.2. The van der Waals surface area contributed by atoms with E-state index in [4.69, 9.17) is 4.74 Å². The maximum Gasteiger partial charge on any atom is 0.514 e. The normalized spacial score (nSPS) is 19.0. The van der Waals surface area contributed by atoms with E-state index in [1.807, 2.05) is 0 Å². The fourth-order valence-corrected chi connectivity index (χ4v) is 9.76. The maximum atomic E-state index is 14.9. The van der Waals surface area contributed by atoms with Crippen LogP contribution in [0.1, 0.15) is 83.5 Å². The van der Waals surface area contributed by atoms with E-state index in [0.29, 0.717) is 25.7 Å². The van der Waals surface area contributed by atoms with Crippen molar-refractivity contribution in [1.29, 1.82) is 0 Å². The second kappa shape index (κ2) is 16.4. The Balaban J connectivity index is 1.89. The van der Waals surface area contributed by atoms with Gasteiger partial charge in [-0.05, 0) is 44.2 Å². The molecule has 38 heavy (non-hydrogen) atoms. The molecule has 0 aliphatic carbocycles. The van der Waals surface area contributed by atoms with Crippen molar-refractivity contribution in [3.8, 4) is 0 Å². The van der Waals surface area contributed by atoms with Crippen LogP contribution in [0.5, 0.6) is 0 Å². The van der Waals surface area contributed by atoms with Crippen LogP contribution in [0.4, 0.5) is 13.2 Å². The summed E-state index contributed by atoms with van der Waals surface area (Å²) in [5, 5.41) is -3.86. The topological polar surface area (TPSA) is 82.5 Å². The number of ether oxygens (including phenoxy) is 2. The minimum absolute atomic E-state index is 0.112. The van der Waals surface area contributed by atoms with Gasteiger partial charge >= 0.3 is 21.3 Å². The smallest absolute Gasteiger partial charge is 0.460 e. The fourth-order valence-electron chi connectivity index (χ4n) is 4.30. The first-order valence-electron chi connectivity index (χ1n) is 13.3. The van der Waals surface area contributed by atoms with Gasteiger partial charge < -0.3 is 9.47 Å². The van der Waals surface area contributed by atoms with Crippen LogP contribution < -0.4 is 0 Å². The van der Waals surface area contributed by atoms with Gasteiger partial charge in [-0.15, -0.1) is 8.42 Å². The molecule has 1 saturated heterocycles. The van der Waals surface area contributed by atoms with Crippen LogP contribution in [0.25, 0.3) is 0 Å². The fraction of sp³-hybridized carbons (Fsp3) is 0.731. The molecule has 0 saturated carbocycles. The highest BCUT2D eigenvalue weighted by Crippen LogP contribution is 2.60. The first kappa shape index (κ1) is 33.4. The lowest BCUT2D eigenvalue weighted by Crippen LogP contribution is -2.44. The summed E-state index contributed by atoms with van der Waals surface area (Å²) in [5.41, 5.74) is -0.871. The largest absolute Gasteiger partial charge is 0.514 e. The van der Waals surface area contributed by atoms with Crippen molar-refractivity contribution in [3.05, 3.63) is 30.1 Å². The van der Waals surface area contributed by atoms with Crippen LogP contribution >= 0.6 is 26.2 Å². The van der Waals surface area contributed by atoms with Crippen LogP contribution in [0.2, 0.25) is 0 Å². The van der Waals surface area contributed by atoms with E-state index in [0.717, 1.165) is 43.5 Å². The summed E-state index contributed by atoms with van der Waals surface area (Å²) < 4.78 is 83.8. The van der Waals surface area contributed by atoms with Gasteiger partial charge in [0.25, 0.3) is 0 Å². The number of esters is 1. The van der Waals surface area contributed by atoms with E-state index in [2.05, 4.69) is 24.3 Å². The zero-order chi connectivity index (χ0) is 28.1. The van der Waals surface area contributed by atoms with Crippen molar-refractivity contribution >= 4 is 42.3 Å². The predicted molar refractivity (Wildman–Crippen MR) is 149 cm³/mol. The van der Waals surface area contributed by atoms with Crippen LogP contribution in [0, 0.1) is 5.82 Å². The molecule has 0 aromatic heterocycles. The minimum Gasteiger partial charge on any atom is -0.460 e. The number of carbonyl (C=O) groups is 1. The second-order valence-electron chi connectivity index (χ2n) is 9.59. The Kier molecular flexibility index (Phi) is 14.4. The number of unbranched alkanes of at least 4 members (excludes halogenated alkanes) is 9. The van der Waals surface area contributed by atoms with E-state index in [-0.39, 0.29) is 18.1 Å². The predicted octanol–water partition coefficient (Wildman–Crippen LogP) is 7.92. The second-order valence-corrected chi connectivity index (χ2v) is 15.3. The first-order chi connectivity index (χ1) is 18.1. The molecule has 1 aromatic carbocycles. The molecule has 1 aromatic rings. The Morgan fingerprint density at radius 3 is 2.16 bits per heavy atom. The number of halogens is 4. The summed E-state index contributed by atoms with van der Waals surface area (Å²) in [6.07, 6.45) is 13.1. The van der Waals surface area contributed by atoms with Gasteiger partial charge in [-0.25, -0.2) is 9.18 Å². The molecule has 0 spiro atoms. The molecule has 1 fully saturated rings. The Labute approximate surface area is 235 Å². The highest BCUT2D eigenvalue weighted by molar-refractivity contribution is 9.09. The van der Waals surface area contributed by atoms with E-state index < -0.39 is 42.9 Å². The molecule has 6 nitrogen and oxygen atoms in total. The quantitative estimate of drug-likeness (QED) is 0.0530. The van der Waals surface area contributed by atoms with Crippen molar-refractivity contribution in [2.75, 3.05) is 24.8 Å². The molecule has 1 aliphatic heterocycles. The zero-order valence-electron chi connectivity index (χ0n) is 22.0. The number of alkyl halides is 3. The molecule has 2 rings (SSSR count). The molecule has 2 atom stereocenters. The van der Waals surface area contributed by atoms with Gasteiger partial charge in [-0.1, -0.05) is 79.4 Å². The molecule has 2 unspecified atom stereocenters. The first-order valence-corrected chi connectivity index (χ1v) is 17.9. The van der Waals surface area contributed by atoms with Gasteiger partial charge in [0.05, 0.1) is 11.5 Å². The van der Waals surface area contributed by atoms with Crippen molar-refractivity contribution in [2.24, 2.45) is 0 Å². The molecule has 1 N–H and O–H groups in total. The molecule has 0 bridgehead atoms. The standard InChI is InChI=1S/C26H40BrF3O6S2/c1-37(24-18-12-15-20-34-24,23-17-11-10-16-22(23)28)36-38(32,33)26(29,30)25(31)35-21-14-9-7-5-3-2-4-6-8-13-19-27/h10-11,16-17,24H,2-9,12-15,18-21H2,1H3/p+1. The monoisotopic (exact) mass is 649 g/mol. The van der Waals surface area contributed by atoms with Crippen LogP contribution in [-0.2, 0) is 24.4 Å². The summed E-state index contributed by atoms with van der Waals surface area (Å²) in [7, 11) is -8.81. The Bertz CT molecular complexity index is 960.